The highest BCUT2D eigenvalue weighted by Gasteiger charge is 2.63. The molecule has 232 valence electrons. The first-order valence-corrected chi connectivity index (χ1v) is 16.4. The van der Waals surface area contributed by atoms with Gasteiger partial charge in [0, 0.05) is 5.41 Å². The number of carbonyl (C=O) groups excluding carboxylic acids is 1. The van der Waals surface area contributed by atoms with Gasteiger partial charge in [-0.25, -0.2) is 4.79 Å². The van der Waals surface area contributed by atoms with Crippen LogP contribution in [-0.4, -0.2) is 68.6 Å². The van der Waals surface area contributed by atoms with Crippen molar-refractivity contribution in [1.82, 2.24) is 0 Å². The van der Waals surface area contributed by atoms with E-state index in [1.54, 1.807) is 0 Å². The molecule has 5 unspecified atom stereocenters. The number of carbonyl (C=O) groups is 1. The van der Waals surface area contributed by atoms with Gasteiger partial charge in [-0.05, 0) is 105 Å². The van der Waals surface area contributed by atoms with Gasteiger partial charge in [0.2, 0.25) is 0 Å². The number of aliphatic hydroxyl groups is 5. The first-order valence-electron chi connectivity index (χ1n) is 16.4. The predicted octanol–water partition coefficient (Wildman–Crippen LogP) is 4.46. The molecular weight excluding hydrogens is 508 g/mol. The van der Waals surface area contributed by atoms with Crippen molar-refractivity contribution in [1.29, 1.82) is 0 Å². The van der Waals surface area contributed by atoms with Crippen molar-refractivity contribution in [3.63, 3.8) is 0 Å². The second-order valence-corrected chi connectivity index (χ2v) is 15.1. The molecule has 0 radical (unpaired) electrons. The van der Waals surface area contributed by atoms with Crippen molar-refractivity contribution in [2.45, 2.75) is 142 Å². The van der Waals surface area contributed by atoms with E-state index in [2.05, 4.69) is 34.6 Å². The molecule has 4 saturated carbocycles. The van der Waals surface area contributed by atoms with Gasteiger partial charge < -0.3 is 30.3 Å². The number of esters is 1. The van der Waals surface area contributed by atoms with E-state index in [1.807, 2.05) is 0 Å². The van der Waals surface area contributed by atoms with Crippen LogP contribution < -0.4 is 0 Å². The molecule has 0 aromatic rings. The topological polar surface area (TPSA) is 127 Å². The minimum atomic E-state index is -1.98. The van der Waals surface area contributed by atoms with Crippen molar-refractivity contribution in [2.24, 2.45) is 52.3 Å². The summed E-state index contributed by atoms with van der Waals surface area (Å²) in [7, 11) is 0. The van der Waals surface area contributed by atoms with E-state index in [4.69, 9.17) is 9.84 Å². The third kappa shape index (κ3) is 5.89. The van der Waals surface area contributed by atoms with Crippen LogP contribution in [0, 0.1) is 52.3 Å². The largest absolute Gasteiger partial charge is 0.460 e. The molecule has 13 atom stereocenters. The molecule has 0 aromatic carbocycles. The van der Waals surface area contributed by atoms with Crippen LogP contribution in [0.5, 0.6) is 0 Å². The fourth-order valence-electron chi connectivity index (χ4n) is 10.4. The molecule has 5 N–H and O–H groups in total. The molecular formula is C33H58O7. The lowest BCUT2D eigenvalue weighted by molar-refractivity contribution is -0.205. The van der Waals surface area contributed by atoms with Gasteiger partial charge in [0.25, 0.3) is 0 Å². The number of hydrogen-bond donors (Lipinski definition) is 5. The van der Waals surface area contributed by atoms with Crippen LogP contribution in [0.3, 0.4) is 0 Å². The van der Waals surface area contributed by atoms with E-state index < -0.39 is 37.0 Å². The van der Waals surface area contributed by atoms with E-state index in [0.717, 1.165) is 49.9 Å². The Labute approximate surface area is 242 Å². The van der Waals surface area contributed by atoms with Gasteiger partial charge in [-0.3, -0.25) is 0 Å². The lowest BCUT2D eigenvalue weighted by atomic mass is 9.44. The van der Waals surface area contributed by atoms with Crippen molar-refractivity contribution in [2.75, 3.05) is 6.61 Å². The zero-order valence-electron chi connectivity index (χ0n) is 25.7. The van der Waals surface area contributed by atoms with Gasteiger partial charge >= 0.3 is 5.97 Å². The zero-order valence-corrected chi connectivity index (χ0v) is 25.7. The summed E-state index contributed by atoms with van der Waals surface area (Å²) < 4.78 is 6.01. The highest BCUT2D eigenvalue weighted by Crippen LogP contribution is 2.68. The number of aliphatic hydroxyl groups excluding tert-OH is 5. The highest BCUT2D eigenvalue weighted by atomic mass is 16.6. The molecule has 4 rings (SSSR count). The lowest BCUT2D eigenvalue weighted by Gasteiger charge is -2.62. The maximum absolute atomic E-state index is 13.0. The van der Waals surface area contributed by atoms with Gasteiger partial charge in [-0.15, -0.1) is 0 Å². The van der Waals surface area contributed by atoms with Gasteiger partial charge in [0.1, 0.15) is 24.4 Å². The molecule has 0 spiro atoms. The standard InChI is InChI=1S/C33H58O7/c1-19(2)8-6-9-20(3)23-14-15-24-22-13-12-21-10-7-11-27(33(21,5)25(22)16-17-32(23,24)4)40-31(39)30(38)29(37)28(36)26(35)18-34/h19-30,34-38H,6-18H2,1-5H3/t20-,21+,22+,23-,24-,25-,26?,27?,28?,29?,30?,32+,33-/m0/s1. The molecule has 4 aliphatic rings. The molecule has 4 aliphatic carbocycles. The maximum Gasteiger partial charge on any atom is 0.338 e. The van der Waals surface area contributed by atoms with Crippen LogP contribution in [0.15, 0.2) is 0 Å². The molecule has 0 aliphatic heterocycles. The number of hydrogen-bond acceptors (Lipinski definition) is 7. The van der Waals surface area contributed by atoms with Gasteiger partial charge in [0.15, 0.2) is 6.10 Å². The smallest absolute Gasteiger partial charge is 0.338 e. The Hall–Kier alpha value is -0.730. The molecule has 40 heavy (non-hydrogen) atoms. The normalized spacial score (nSPS) is 41.3. The highest BCUT2D eigenvalue weighted by molar-refractivity contribution is 5.75. The summed E-state index contributed by atoms with van der Waals surface area (Å²) in [6.07, 6.45) is 6.48. The number of rotatable bonds is 11. The summed E-state index contributed by atoms with van der Waals surface area (Å²) in [5.74, 6) is 3.64. The summed E-state index contributed by atoms with van der Waals surface area (Å²) in [5.41, 5.74) is 0.208. The number of fused-ring (bicyclic) bond motifs is 5. The van der Waals surface area contributed by atoms with Crippen LogP contribution in [0.4, 0.5) is 0 Å². The van der Waals surface area contributed by atoms with Gasteiger partial charge in [0.05, 0.1) is 6.61 Å². The van der Waals surface area contributed by atoms with Crippen LogP contribution in [0.1, 0.15) is 112 Å². The summed E-state index contributed by atoms with van der Waals surface area (Å²) >= 11 is 0. The molecule has 0 amide bonds. The van der Waals surface area contributed by atoms with Crippen molar-refractivity contribution < 1.29 is 35.1 Å². The van der Waals surface area contributed by atoms with Crippen molar-refractivity contribution in [3.05, 3.63) is 0 Å². The van der Waals surface area contributed by atoms with Crippen molar-refractivity contribution in [3.8, 4) is 0 Å². The van der Waals surface area contributed by atoms with Crippen LogP contribution >= 0.6 is 0 Å². The van der Waals surface area contributed by atoms with E-state index in [9.17, 15) is 25.2 Å². The fourth-order valence-corrected chi connectivity index (χ4v) is 10.4. The molecule has 0 bridgehead atoms. The molecule has 4 fully saturated rings. The lowest BCUT2D eigenvalue weighted by Crippen LogP contribution is -2.59. The Bertz CT molecular complexity index is 849. The minimum Gasteiger partial charge on any atom is -0.460 e. The minimum absolute atomic E-state index is 0.174. The van der Waals surface area contributed by atoms with Crippen LogP contribution in [-0.2, 0) is 9.53 Å². The Kier molecular flexibility index (Phi) is 10.4. The van der Waals surface area contributed by atoms with Gasteiger partial charge in [-0.2, -0.15) is 0 Å². The molecule has 7 heteroatoms. The Balaban J connectivity index is 1.48. The Morgan fingerprint density at radius 2 is 1.60 bits per heavy atom. The van der Waals surface area contributed by atoms with Gasteiger partial charge in [-0.1, -0.05) is 53.9 Å². The first kappa shape index (κ1) is 32.2. The average Bonchev–Trinajstić information content (AvgIpc) is 3.28. The molecule has 7 nitrogen and oxygen atoms in total. The third-order valence-corrected chi connectivity index (χ3v) is 12.6. The molecule has 0 heterocycles. The van der Waals surface area contributed by atoms with E-state index in [-0.39, 0.29) is 11.5 Å². The van der Waals surface area contributed by atoms with E-state index in [0.29, 0.717) is 29.1 Å². The predicted molar refractivity (Wildman–Crippen MR) is 154 cm³/mol. The summed E-state index contributed by atoms with van der Waals surface area (Å²) in [5, 5.41) is 49.5. The Morgan fingerprint density at radius 3 is 2.27 bits per heavy atom. The average molecular weight is 567 g/mol. The van der Waals surface area contributed by atoms with E-state index in [1.165, 1.54) is 44.9 Å². The monoisotopic (exact) mass is 566 g/mol. The Morgan fingerprint density at radius 1 is 0.875 bits per heavy atom. The summed E-state index contributed by atoms with van der Waals surface area (Å²) in [6, 6.07) is 0. The number of ether oxygens (including phenoxy) is 1. The summed E-state index contributed by atoms with van der Waals surface area (Å²) in [4.78, 5) is 13.0. The van der Waals surface area contributed by atoms with Crippen LogP contribution in [0.25, 0.3) is 0 Å². The second kappa shape index (κ2) is 12.9. The summed E-state index contributed by atoms with van der Waals surface area (Å²) in [6.45, 7) is 11.3. The quantitative estimate of drug-likeness (QED) is 0.234. The fraction of sp³-hybridized carbons (Fsp3) is 0.970. The van der Waals surface area contributed by atoms with Crippen molar-refractivity contribution >= 4 is 5.97 Å². The maximum atomic E-state index is 13.0. The molecule has 0 saturated heterocycles. The first-order chi connectivity index (χ1) is 18.9. The van der Waals surface area contributed by atoms with Crippen LogP contribution in [0.2, 0.25) is 0 Å². The zero-order chi connectivity index (χ0) is 29.4. The second-order valence-electron chi connectivity index (χ2n) is 15.1. The van der Waals surface area contributed by atoms with E-state index >= 15 is 0 Å². The molecule has 0 aromatic heterocycles. The third-order valence-electron chi connectivity index (χ3n) is 12.6. The SMILES string of the molecule is CC(C)CCC[C@H](C)[C@@H]1CC[C@H]2[C@H]3CC[C@H]4CCCC(OC(=O)C(O)C(O)C(O)C(O)CO)[C@]4(C)[C@H]3CC[C@@]21C.